The van der Waals surface area contributed by atoms with Gasteiger partial charge in [-0.1, -0.05) is 11.6 Å². The van der Waals surface area contributed by atoms with E-state index in [-0.39, 0.29) is 11.8 Å². The molecule has 0 atom stereocenters. The molecule has 6 heteroatoms. The van der Waals surface area contributed by atoms with Crippen molar-refractivity contribution in [3.8, 4) is 0 Å². The number of amides is 2. The molecule has 1 saturated carbocycles. The van der Waals surface area contributed by atoms with Crippen LogP contribution in [0.2, 0.25) is 5.02 Å². The van der Waals surface area contributed by atoms with Crippen molar-refractivity contribution in [3.05, 3.63) is 53.6 Å². The van der Waals surface area contributed by atoms with Gasteiger partial charge in [0, 0.05) is 36.2 Å². The van der Waals surface area contributed by atoms with Crippen molar-refractivity contribution in [1.82, 2.24) is 0 Å². The molecule has 1 aliphatic rings. The summed E-state index contributed by atoms with van der Waals surface area (Å²) < 4.78 is 0. The molecule has 130 valence electrons. The van der Waals surface area contributed by atoms with E-state index in [9.17, 15) is 9.59 Å². The smallest absolute Gasteiger partial charge is 0.240 e. The number of nitrogens with zero attached hydrogens (tertiary/aromatic N) is 1. The van der Waals surface area contributed by atoms with Crippen LogP contribution in [0, 0.1) is 5.41 Å². The first-order chi connectivity index (χ1) is 11.9. The molecule has 2 aromatic carbocycles. The fourth-order valence-electron chi connectivity index (χ4n) is 2.56. The van der Waals surface area contributed by atoms with Crippen molar-refractivity contribution >= 4 is 40.5 Å². The fraction of sp³-hybridized carbons (Fsp3) is 0.263. The molecule has 25 heavy (non-hydrogen) atoms. The van der Waals surface area contributed by atoms with Gasteiger partial charge in [-0.05, 0) is 61.4 Å². The van der Waals surface area contributed by atoms with Gasteiger partial charge >= 0.3 is 0 Å². The Balaban J connectivity index is 1.66. The average Bonchev–Trinajstić information content (AvgIpc) is 3.39. The molecular formula is C19H20ClN3O2. The number of rotatable bonds is 5. The van der Waals surface area contributed by atoms with Crippen LogP contribution in [0.15, 0.2) is 48.5 Å². The van der Waals surface area contributed by atoms with E-state index < -0.39 is 5.41 Å². The molecule has 0 aromatic heterocycles. The van der Waals surface area contributed by atoms with Crippen molar-refractivity contribution < 1.29 is 9.59 Å². The van der Waals surface area contributed by atoms with Crippen LogP contribution < -0.4 is 15.5 Å². The zero-order chi connectivity index (χ0) is 18.0. The van der Waals surface area contributed by atoms with E-state index in [1.165, 1.54) is 0 Å². The lowest BCUT2D eigenvalue weighted by Gasteiger charge is -2.17. The molecule has 0 radical (unpaired) electrons. The maximum Gasteiger partial charge on any atom is 0.240 e. The van der Waals surface area contributed by atoms with Gasteiger partial charge in [-0.25, -0.2) is 0 Å². The predicted octanol–water partition coefficient (Wildman–Crippen LogP) is 3.76. The van der Waals surface area contributed by atoms with Crippen LogP contribution in [-0.2, 0) is 9.59 Å². The molecule has 1 fully saturated rings. The molecule has 0 bridgehead atoms. The zero-order valence-corrected chi connectivity index (χ0v) is 14.9. The highest BCUT2D eigenvalue weighted by Gasteiger charge is 2.56. The maximum absolute atomic E-state index is 12.6. The highest BCUT2D eigenvalue weighted by Crippen LogP contribution is 2.47. The van der Waals surface area contributed by atoms with Gasteiger partial charge in [-0.2, -0.15) is 0 Å². The lowest BCUT2D eigenvalue weighted by Crippen LogP contribution is -2.35. The fourth-order valence-corrected chi connectivity index (χ4v) is 2.69. The molecule has 5 nitrogen and oxygen atoms in total. The summed E-state index contributed by atoms with van der Waals surface area (Å²) in [6, 6.07) is 14.3. The largest absolute Gasteiger partial charge is 0.378 e. The van der Waals surface area contributed by atoms with Crippen LogP contribution in [0.5, 0.6) is 0 Å². The second-order valence-electron chi connectivity index (χ2n) is 6.44. The Kier molecular flexibility index (Phi) is 4.68. The molecule has 2 aromatic rings. The number of carbonyl (C=O) groups is 2. The van der Waals surface area contributed by atoms with Crippen molar-refractivity contribution in [1.29, 1.82) is 0 Å². The lowest BCUT2D eigenvalue weighted by atomic mass is 10.0. The van der Waals surface area contributed by atoms with Gasteiger partial charge < -0.3 is 15.5 Å². The Bertz CT molecular complexity index is 781. The lowest BCUT2D eigenvalue weighted by molar-refractivity contribution is -0.131. The van der Waals surface area contributed by atoms with Crippen molar-refractivity contribution in [2.75, 3.05) is 29.6 Å². The van der Waals surface area contributed by atoms with Gasteiger partial charge in [-0.15, -0.1) is 0 Å². The topological polar surface area (TPSA) is 61.4 Å². The molecule has 2 N–H and O–H groups in total. The summed E-state index contributed by atoms with van der Waals surface area (Å²) in [5, 5.41) is 6.24. The van der Waals surface area contributed by atoms with Gasteiger partial charge in [0.25, 0.3) is 0 Å². The van der Waals surface area contributed by atoms with E-state index in [2.05, 4.69) is 10.6 Å². The van der Waals surface area contributed by atoms with E-state index in [4.69, 9.17) is 11.6 Å². The normalized spacial score (nSPS) is 14.5. The van der Waals surface area contributed by atoms with Crippen molar-refractivity contribution in [3.63, 3.8) is 0 Å². The standard InChI is InChI=1S/C19H20ClN3O2/c1-23(2)16-9-7-15(8-10-16)22-18(25)19(11-12-19)17(24)21-14-5-3-13(20)4-6-14/h3-10H,11-12H2,1-2H3,(H,21,24)(H,22,25). The van der Waals surface area contributed by atoms with E-state index in [1.807, 2.05) is 43.3 Å². The van der Waals surface area contributed by atoms with Gasteiger partial charge in [0.15, 0.2) is 0 Å². The van der Waals surface area contributed by atoms with E-state index in [1.54, 1.807) is 24.3 Å². The number of benzene rings is 2. The van der Waals surface area contributed by atoms with Crippen LogP contribution in [0.25, 0.3) is 0 Å². The Labute approximate surface area is 152 Å². The Morgan fingerprint density at radius 3 is 1.72 bits per heavy atom. The average molecular weight is 358 g/mol. The third-order valence-electron chi connectivity index (χ3n) is 4.36. The number of halogens is 1. The minimum Gasteiger partial charge on any atom is -0.378 e. The number of anilines is 3. The van der Waals surface area contributed by atoms with Crippen LogP contribution in [-0.4, -0.2) is 25.9 Å². The molecule has 0 aliphatic heterocycles. The molecule has 0 saturated heterocycles. The Morgan fingerprint density at radius 1 is 0.880 bits per heavy atom. The number of carbonyl (C=O) groups excluding carboxylic acids is 2. The second-order valence-corrected chi connectivity index (χ2v) is 6.87. The Morgan fingerprint density at radius 2 is 1.32 bits per heavy atom. The third kappa shape index (κ3) is 3.77. The number of nitrogens with one attached hydrogen (secondary N) is 2. The summed E-state index contributed by atoms with van der Waals surface area (Å²) in [7, 11) is 3.90. The number of hydrogen-bond acceptors (Lipinski definition) is 3. The highest BCUT2D eigenvalue weighted by atomic mass is 35.5. The van der Waals surface area contributed by atoms with E-state index in [0.29, 0.717) is 29.2 Å². The first kappa shape index (κ1) is 17.3. The zero-order valence-electron chi connectivity index (χ0n) is 14.2. The number of hydrogen-bond donors (Lipinski definition) is 2. The molecule has 2 amide bonds. The van der Waals surface area contributed by atoms with Gasteiger partial charge in [0.1, 0.15) is 5.41 Å². The minimum absolute atomic E-state index is 0.267. The van der Waals surface area contributed by atoms with Crippen LogP contribution in [0.1, 0.15) is 12.8 Å². The van der Waals surface area contributed by atoms with Gasteiger partial charge in [-0.3, -0.25) is 9.59 Å². The molecule has 3 rings (SSSR count). The summed E-state index contributed by atoms with van der Waals surface area (Å²) >= 11 is 5.84. The quantitative estimate of drug-likeness (QED) is 0.801. The maximum atomic E-state index is 12.6. The molecule has 0 unspecified atom stereocenters. The van der Waals surface area contributed by atoms with Gasteiger partial charge in [0.2, 0.25) is 11.8 Å². The monoisotopic (exact) mass is 357 g/mol. The van der Waals surface area contributed by atoms with E-state index in [0.717, 1.165) is 5.69 Å². The highest BCUT2D eigenvalue weighted by molar-refractivity contribution is 6.30. The summed E-state index contributed by atoms with van der Waals surface area (Å²) in [6.07, 6.45) is 1.10. The molecule has 0 heterocycles. The summed E-state index contributed by atoms with van der Waals surface area (Å²) in [6.45, 7) is 0. The van der Waals surface area contributed by atoms with Crippen molar-refractivity contribution in [2.24, 2.45) is 5.41 Å². The van der Waals surface area contributed by atoms with Crippen LogP contribution >= 0.6 is 11.6 Å². The Hall–Kier alpha value is -2.53. The van der Waals surface area contributed by atoms with Crippen molar-refractivity contribution in [2.45, 2.75) is 12.8 Å². The molecule has 1 aliphatic carbocycles. The summed E-state index contributed by atoms with van der Waals surface area (Å²) in [4.78, 5) is 27.1. The van der Waals surface area contributed by atoms with E-state index >= 15 is 0 Å². The molecule has 0 spiro atoms. The summed E-state index contributed by atoms with van der Waals surface area (Å²) in [5.74, 6) is -0.547. The second kappa shape index (κ2) is 6.76. The van der Waals surface area contributed by atoms with Crippen LogP contribution in [0.4, 0.5) is 17.1 Å². The van der Waals surface area contributed by atoms with Gasteiger partial charge in [0.05, 0.1) is 0 Å². The van der Waals surface area contributed by atoms with Crippen LogP contribution in [0.3, 0.4) is 0 Å². The SMILES string of the molecule is CN(C)c1ccc(NC(=O)C2(C(=O)Nc3ccc(Cl)cc3)CC2)cc1. The molecular weight excluding hydrogens is 338 g/mol. The predicted molar refractivity (Wildman–Crippen MR) is 101 cm³/mol. The minimum atomic E-state index is -0.986. The first-order valence-corrected chi connectivity index (χ1v) is 8.44. The third-order valence-corrected chi connectivity index (χ3v) is 4.61. The first-order valence-electron chi connectivity index (χ1n) is 8.07. The summed E-state index contributed by atoms with van der Waals surface area (Å²) in [5.41, 5.74) is 1.37.